The van der Waals surface area contributed by atoms with Gasteiger partial charge in [-0.05, 0) is 51.2 Å². The fourth-order valence-corrected chi connectivity index (χ4v) is 6.74. The van der Waals surface area contributed by atoms with Crippen LogP contribution in [0.4, 0.5) is 0 Å². The molecule has 0 aliphatic heterocycles. The van der Waals surface area contributed by atoms with E-state index in [1.54, 1.807) is 0 Å². The Hall–Kier alpha value is -6.71. The Balaban J connectivity index is 1.09. The molecule has 0 aliphatic carbocycles. The largest absolute Gasteiger partial charge is 0.248 e. The molecule has 0 fully saturated rings. The van der Waals surface area contributed by atoms with Gasteiger partial charge in [-0.2, -0.15) is 0 Å². The van der Waals surface area contributed by atoms with Gasteiger partial charge in [-0.3, -0.25) is 0 Å². The van der Waals surface area contributed by atoms with Gasteiger partial charge in [0.15, 0.2) is 5.82 Å². The first kappa shape index (κ1) is 29.4. The summed E-state index contributed by atoms with van der Waals surface area (Å²) in [6, 6.07) is 65.7. The third-order valence-corrected chi connectivity index (χ3v) is 9.31. The van der Waals surface area contributed by atoms with Crippen LogP contribution in [0.3, 0.4) is 0 Å². The van der Waals surface area contributed by atoms with Crippen molar-refractivity contribution in [3.05, 3.63) is 188 Å². The molecule has 2 aromatic heterocycles. The monoisotopic (exact) mass is 637 g/mol. The van der Waals surface area contributed by atoms with Gasteiger partial charge in [0.05, 0.1) is 22.6 Å². The fourth-order valence-electron chi connectivity index (χ4n) is 6.74. The van der Waals surface area contributed by atoms with Gasteiger partial charge in [-0.1, -0.05) is 170 Å². The second-order valence-corrected chi connectivity index (χ2v) is 12.5. The van der Waals surface area contributed by atoms with Gasteiger partial charge >= 0.3 is 0 Å². The summed E-state index contributed by atoms with van der Waals surface area (Å²) in [4.78, 5) is 15.1. The van der Waals surface area contributed by atoms with Crippen LogP contribution in [0.2, 0.25) is 0 Å². The van der Waals surface area contributed by atoms with Gasteiger partial charge in [0.1, 0.15) is 0 Å². The topological polar surface area (TPSA) is 38.7 Å². The van der Waals surface area contributed by atoms with Gasteiger partial charge < -0.3 is 0 Å². The molecule has 0 bridgehead atoms. The van der Waals surface area contributed by atoms with Crippen LogP contribution in [0.25, 0.3) is 89.1 Å². The van der Waals surface area contributed by atoms with E-state index in [9.17, 15) is 0 Å². The van der Waals surface area contributed by atoms with Crippen LogP contribution in [0.5, 0.6) is 0 Å². The van der Waals surface area contributed by atoms with Crippen molar-refractivity contribution in [2.24, 2.45) is 0 Å². The zero-order chi connectivity index (χ0) is 33.3. The first-order chi connectivity index (χ1) is 24.8. The van der Waals surface area contributed by atoms with Crippen molar-refractivity contribution in [3.63, 3.8) is 0 Å². The first-order valence-corrected chi connectivity index (χ1v) is 16.9. The highest BCUT2D eigenvalue weighted by molar-refractivity contribution is 6.13. The molecule has 9 aromatic rings. The molecule has 0 radical (unpaired) electrons. The molecule has 0 N–H and O–H groups in total. The van der Waals surface area contributed by atoms with Gasteiger partial charge in [0.25, 0.3) is 0 Å². The maximum atomic E-state index is 5.12. The smallest absolute Gasteiger partial charge is 0.160 e. The van der Waals surface area contributed by atoms with E-state index in [1.807, 2.05) is 42.5 Å². The van der Waals surface area contributed by atoms with E-state index in [0.717, 1.165) is 61.5 Å². The van der Waals surface area contributed by atoms with Crippen LogP contribution in [0.1, 0.15) is 0 Å². The highest BCUT2D eigenvalue weighted by atomic mass is 14.9. The quantitative estimate of drug-likeness (QED) is 0.170. The lowest BCUT2D eigenvalue weighted by molar-refractivity contribution is 1.18. The van der Waals surface area contributed by atoms with Crippen LogP contribution in [-0.2, 0) is 0 Å². The third kappa shape index (κ3) is 5.61. The molecule has 0 spiro atoms. The van der Waals surface area contributed by atoms with Crippen molar-refractivity contribution < 1.29 is 0 Å². The molecule has 0 saturated carbocycles. The number of hydrogen-bond acceptors (Lipinski definition) is 3. The Morgan fingerprint density at radius 3 is 1.36 bits per heavy atom. The molecule has 234 valence electrons. The fraction of sp³-hybridized carbons (Fsp3) is 0. The lowest BCUT2D eigenvalue weighted by atomic mass is 9.93. The summed E-state index contributed by atoms with van der Waals surface area (Å²) < 4.78 is 0. The van der Waals surface area contributed by atoms with E-state index in [0.29, 0.717) is 5.82 Å². The summed E-state index contributed by atoms with van der Waals surface area (Å²) in [5, 5.41) is 3.60. The van der Waals surface area contributed by atoms with Crippen LogP contribution in [0, 0.1) is 0 Å². The van der Waals surface area contributed by atoms with Gasteiger partial charge in [0, 0.05) is 27.6 Å². The standard InChI is InChI=1S/C47H31N3/c1-4-13-36(14-5-1)43-30-41(46-40-19-11-10-12-34(40)28-29-42(46)48-43)35-24-20-32(21-25-35)33-22-26-38(27-23-33)45-31-44(37-15-6-2-7-16-37)49-47(50-45)39-17-8-3-9-18-39/h1-31H. The molecule has 0 saturated heterocycles. The van der Waals surface area contributed by atoms with E-state index >= 15 is 0 Å². The van der Waals surface area contributed by atoms with Crippen molar-refractivity contribution in [3.8, 4) is 67.4 Å². The number of hydrogen-bond donors (Lipinski definition) is 0. The Kier molecular flexibility index (Phi) is 7.49. The van der Waals surface area contributed by atoms with Crippen molar-refractivity contribution in [1.82, 2.24) is 15.0 Å². The lowest BCUT2D eigenvalue weighted by Crippen LogP contribution is -1.95. The van der Waals surface area contributed by atoms with Crippen molar-refractivity contribution in [2.75, 3.05) is 0 Å². The molecule has 2 heterocycles. The Labute approximate surface area is 291 Å². The molecule has 3 heteroatoms. The Morgan fingerprint density at radius 1 is 0.300 bits per heavy atom. The molecular formula is C47H31N3. The van der Waals surface area contributed by atoms with Crippen LogP contribution < -0.4 is 0 Å². The van der Waals surface area contributed by atoms with Crippen molar-refractivity contribution >= 4 is 21.7 Å². The average molecular weight is 638 g/mol. The van der Waals surface area contributed by atoms with E-state index in [4.69, 9.17) is 15.0 Å². The van der Waals surface area contributed by atoms with Crippen LogP contribution in [-0.4, -0.2) is 15.0 Å². The van der Waals surface area contributed by atoms with Crippen LogP contribution in [0.15, 0.2) is 188 Å². The number of pyridine rings is 1. The number of nitrogens with zero attached hydrogens (tertiary/aromatic N) is 3. The molecule has 9 rings (SSSR count). The molecule has 3 nitrogen and oxygen atoms in total. The summed E-state index contributed by atoms with van der Waals surface area (Å²) in [6.07, 6.45) is 0. The summed E-state index contributed by atoms with van der Waals surface area (Å²) in [5.41, 5.74) is 12.6. The molecular weight excluding hydrogens is 607 g/mol. The van der Waals surface area contributed by atoms with E-state index < -0.39 is 0 Å². The number of benzene rings is 7. The minimum atomic E-state index is 0.716. The summed E-state index contributed by atoms with van der Waals surface area (Å²) >= 11 is 0. The van der Waals surface area contributed by atoms with Crippen LogP contribution >= 0.6 is 0 Å². The maximum Gasteiger partial charge on any atom is 0.160 e. The lowest BCUT2D eigenvalue weighted by Gasteiger charge is -2.14. The minimum absolute atomic E-state index is 0.716. The first-order valence-electron chi connectivity index (χ1n) is 16.9. The Morgan fingerprint density at radius 2 is 0.760 bits per heavy atom. The molecule has 0 aliphatic rings. The summed E-state index contributed by atoms with van der Waals surface area (Å²) in [5.74, 6) is 0.716. The molecule has 7 aromatic carbocycles. The zero-order valence-corrected chi connectivity index (χ0v) is 27.2. The second kappa shape index (κ2) is 12.7. The second-order valence-electron chi connectivity index (χ2n) is 12.5. The molecule has 0 atom stereocenters. The number of aromatic nitrogens is 3. The van der Waals surface area contributed by atoms with E-state index in [-0.39, 0.29) is 0 Å². The normalized spacial score (nSPS) is 11.2. The number of rotatable bonds is 6. The predicted molar refractivity (Wildman–Crippen MR) is 207 cm³/mol. The SMILES string of the molecule is c1ccc(-c2cc(-c3ccc(-c4ccc(-c5cc(-c6ccccc6)nc6ccc7ccccc7c56)cc4)cc3)nc(-c3ccccc3)n2)cc1. The highest BCUT2D eigenvalue weighted by Crippen LogP contribution is 2.37. The third-order valence-electron chi connectivity index (χ3n) is 9.31. The minimum Gasteiger partial charge on any atom is -0.248 e. The highest BCUT2D eigenvalue weighted by Gasteiger charge is 2.14. The molecule has 50 heavy (non-hydrogen) atoms. The summed E-state index contributed by atoms with van der Waals surface area (Å²) in [6.45, 7) is 0. The maximum absolute atomic E-state index is 5.12. The average Bonchev–Trinajstić information content (AvgIpc) is 3.21. The van der Waals surface area contributed by atoms with Gasteiger partial charge in [-0.25, -0.2) is 15.0 Å². The zero-order valence-electron chi connectivity index (χ0n) is 27.2. The van der Waals surface area contributed by atoms with E-state index in [2.05, 4.69) is 146 Å². The number of fused-ring (bicyclic) bond motifs is 3. The van der Waals surface area contributed by atoms with Crippen molar-refractivity contribution in [1.29, 1.82) is 0 Å². The van der Waals surface area contributed by atoms with Crippen molar-refractivity contribution in [2.45, 2.75) is 0 Å². The predicted octanol–water partition coefficient (Wildman–Crippen LogP) is 12.2. The van der Waals surface area contributed by atoms with Gasteiger partial charge in [0.2, 0.25) is 0 Å². The Bertz CT molecular complexity index is 2540. The molecule has 0 amide bonds. The van der Waals surface area contributed by atoms with Gasteiger partial charge in [-0.15, -0.1) is 0 Å². The molecule has 0 unspecified atom stereocenters. The van der Waals surface area contributed by atoms with E-state index in [1.165, 1.54) is 21.7 Å². The summed E-state index contributed by atoms with van der Waals surface area (Å²) in [7, 11) is 0.